The van der Waals surface area contributed by atoms with Crippen molar-refractivity contribution in [1.82, 2.24) is 9.78 Å². The van der Waals surface area contributed by atoms with E-state index in [9.17, 15) is 9.59 Å². The highest BCUT2D eigenvalue weighted by atomic mass is 16.2. The number of nitrogens with zero attached hydrogens (tertiary/aromatic N) is 2. The molecule has 1 amide bonds. The highest BCUT2D eigenvalue weighted by molar-refractivity contribution is 6.02. The molecule has 3 rings (SSSR count). The van der Waals surface area contributed by atoms with Gasteiger partial charge in [-0.1, -0.05) is 44.2 Å². The molecule has 0 bridgehead atoms. The van der Waals surface area contributed by atoms with Crippen LogP contribution in [-0.4, -0.2) is 15.7 Å². The fourth-order valence-corrected chi connectivity index (χ4v) is 2.43. The average Bonchev–Trinajstić information content (AvgIpc) is 2.63. The quantitative estimate of drug-likeness (QED) is 0.793. The maximum absolute atomic E-state index is 12.4. The molecular formula is C20H19N3O2. The second-order valence-electron chi connectivity index (χ2n) is 6.03. The molecule has 5 nitrogen and oxygen atoms in total. The minimum Gasteiger partial charge on any atom is -0.321 e. The Labute approximate surface area is 145 Å². The third-order valence-electron chi connectivity index (χ3n) is 3.87. The van der Waals surface area contributed by atoms with Crippen LogP contribution in [0.15, 0.2) is 71.5 Å². The van der Waals surface area contributed by atoms with Crippen molar-refractivity contribution in [2.45, 2.75) is 19.8 Å². The number of hydrogen-bond acceptors (Lipinski definition) is 3. The van der Waals surface area contributed by atoms with Crippen molar-refractivity contribution >= 4 is 11.6 Å². The molecule has 1 aromatic heterocycles. The number of para-hydroxylation sites is 1. The van der Waals surface area contributed by atoms with Crippen LogP contribution in [0.4, 0.5) is 5.69 Å². The van der Waals surface area contributed by atoms with Gasteiger partial charge in [-0.2, -0.15) is 9.78 Å². The molecule has 0 aliphatic heterocycles. The third kappa shape index (κ3) is 3.83. The van der Waals surface area contributed by atoms with Crippen LogP contribution in [0.5, 0.6) is 0 Å². The number of anilines is 1. The summed E-state index contributed by atoms with van der Waals surface area (Å²) in [4.78, 5) is 24.5. The van der Waals surface area contributed by atoms with Crippen LogP contribution in [0.2, 0.25) is 0 Å². The Morgan fingerprint density at radius 3 is 2.28 bits per heavy atom. The van der Waals surface area contributed by atoms with E-state index in [4.69, 9.17) is 0 Å². The topological polar surface area (TPSA) is 64.0 Å². The van der Waals surface area contributed by atoms with Gasteiger partial charge < -0.3 is 5.32 Å². The number of aromatic nitrogens is 2. The van der Waals surface area contributed by atoms with Crippen LogP contribution in [0.3, 0.4) is 0 Å². The first kappa shape index (κ1) is 16.6. The maximum Gasteiger partial charge on any atom is 0.276 e. The summed E-state index contributed by atoms with van der Waals surface area (Å²) in [5.74, 6) is 0.0721. The lowest BCUT2D eigenvalue weighted by Crippen LogP contribution is -2.24. The minimum atomic E-state index is -0.359. The number of amides is 1. The smallest absolute Gasteiger partial charge is 0.276 e. The second kappa shape index (κ2) is 7.13. The van der Waals surface area contributed by atoms with Gasteiger partial charge in [0.1, 0.15) is 5.69 Å². The Balaban J connectivity index is 1.84. The molecule has 0 saturated heterocycles. The predicted octanol–water partition coefficient (Wildman–Crippen LogP) is 3.61. The van der Waals surface area contributed by atoms with E-state index in [2.05, 4.69) is 24.3 Å². The first-order chi connectivity index (χ1) is 12.0. The van der Waals surface area contributed by atoms with Gasteiger partial charge in [-0.3, -0.25) is 9.59 Å². The molecule has 0 spiro atoms. The minimum absolute atomic E-state index is 0.177. The highest BCUT2D eigenvalue weighted by Gasteiger charge is 2.11. The fraction of sp³-hybridized carbons (Fsp3) is 0.150. The van der Waals surface area contributed by atoms with Gasteiger partial charge >= 0.3 is 0 Å². The standard InChI is InChI=1S/C20H19N3O2/c1-14(2)15-8-10-16(11-9-15)21-20(25)18-12-13-19(24)23(22-18)17-6-4-3-5-7-17/h3-14H,1-2H3,(H,21,25). The SMILES string of the molecule is CC(C)c1ccc(NC(=O)c2ccc(=O)n(-c3ccccc3)n2)cc1. The summed E-state index contributed by atoms with van der Waals surface area (Å²) in [6.07, 6.45) is 0. The third-order valence-corrected chi connectivity index (χ3v) is 3.87. The zero-order valence-corrected chi connectivity index (χ0v) is 14.1. The van der Waals surface area contributed by atoms with Gasteiger partial charge in [0.2, 0.25) is 0 Å². The van der Waals surface area contributed by atoms with E-state index in [1.54, 1.807) is 12.1 Å². The van der Waals surface area contributed by atoms with Gasteiger partial charge in [-0.15, -0.1) is 0 Å². The fourth-order valence-electron chi connectivity index (χ4n) is 2.43. The number of benzene rings is 2. The summed E-state index contributed by atoms with van der Waals surface area (Å²) in [5, 5.41) is 6.98. The molecule has 2 aromatic carbocycles. The Hall–Kier alpha value is -3.21. The molecule has 1 N–H and O–H groups in total. The zero-order valence-electron chi connectivity index (χ0n) is 14.1. The van der Waals surface area contributed by atoms with E-state index < -0.39 is 0 Å². The zero-order chi connectivity index (χ0) is 17.8. The maximum atomic E-state index is 12.4. The number of carbonyl (C=O) groups is 1. The van der Waals surface area contributed by atoms with Gasteiger partial charge in [0.15, 0.2) is 0 Å². The summed E-state index contributed by atoms with van der Waals surface area (Å²) in [5.41, 5.74) is 2.39. The molecule has 0 radical (unpaired) electrons. The molecule has 0 aliphatic rings. The van der Waals surface area contributed by atoms with Gasteiger partial charge in [-0.05, 0) is 41.8 Å². The van der Waals surface area contributed by atoms with Crippen molar-refractivity contribution in [2.24, 2.45) is 0 Å². The normalized spacial score (nSPS) is 10.7. The summed E-state index contributed by atoms with van der Waals surface area (Å²) in [6.45, 7) is 4.23. The van der Waals surface area contributed by atoms with Crippen LogP contribution in [-0.2, 0) is 0 Å². The molecular weight excluding hydrogens is 314 g/mol. The van der Waals surface area contributed by atoms with E-state index in [1.807, 2.05) is 42.5 Å². The first-order valence-corrected chi connectivity index (χ1v) is 8.12. The Bertz CT molecular complexity index is 929. The van der Waals surface area contributed by atoms with Gasteiger partial charge in [0.25, 0.3) is 11.5 Å². The van der Waals surface area contributed by atoms with Crippen molar-refractivity contribution in [1.29, 1.82) is 0 Å². The van der Waals surface area contributed by atoms with Gasteiger partial charge in [0.05, 0.1) is 5.69 Å². The Morgan fingerprint density at radius 2 is 1.64 bits per heavy atom. The van der Waals surface area contributed by atoms with E-state index in [-0.39, 0.29) is 17.2 Å². The van der Waals surface area contributed by atoms with E-state index in [0.717, 1.165) is 0 Å². The second-order valence-corrected chi connectivity index (χ2v) is 6.03. The van der Waals surface area contributed by atoms with Crippen LogP contribution in [0, 0.1) is 0 Å². The van der Waals surface area contributed by atoms with Crippen LogP contribution >= 0.6 is 0 Å². The van der Waals surface area contributed by atoms with Gasteiger partial charge in [0, 0.05) is 11.8 Å². The van der Waals surface area contributed by atoms with Crippen molar-refractivity contribution in [3.8, 4) is 5.69 Å². The molecule has 0 fully saturated rings. The van der Waals surface area contributed by atoms with Crippen molar-refractivity contribution in [3.63, 3.8) is 0 Å². The highest BCUT2D eigenvalue weighted by Crippen LogP contribution is 2.17. The molecule has 0 unspecified atom stereocenters. The molecule has 25 heavy (non-hydrogen) atoms. The number of rotatable bonds is 4. The first-order valence-electron chi connectivity index (χ1n) is 8.12. The van der Waals surface area contributed by atoms with Crippen LogP contribution in [0.25, 0.3) is 5.69 Å². The number of carbonyl (C=O) groups excluding carboxylic acids is 1. The summed E-state index contributed by atoms with van der Waals surface area (Å²) < 4.78 is 1.22. The number of hydrogen-bond donors (Lipinski definition) is 1. The monoisotopic (exact) mass is 333 g/mol. The van der Waals surface area contributed by atoms with Crippen molar-refractivity contribution in [3.05, 3.63) is 88.3 Å². The number of nitrogens with one attached hydrogen (secondary N) is 1. The molecule has 0 saturated carbocycles. The van der Waals surface area contributed by atoms with Crippen molar-refractivity contribution < 1.29 is 4.79 Å². The molecule has 126 valence electrons. The van der Waals surface area contributed by atoms with E-state index >= 15 is 0 Å². The molecule has 1 heterocycles. The largest absolute Gasteiger partial charge is 0.321 e. The lowest BCUT2D eigenvalue weighted by atomic mass is 10.0. The van der Waals surface area contributed by atoms with Crippen LogP contribution in [0.1, 0.15) is 35.8 Å². The molecule has 0 aliphatic carbocycles. The Morgan fingerprint density at radius 1 is 0.960 bits per heavy atom. The van der Waals surface area contributed by atoms with Crippen molar-refractivity contribution in [2.75, 3.05) is 5.32 Å². The van der Waals surface area contributed by atoms with E-state index in [1.165, 1.54) is 22.4 Å². The van der Waals surface area contributed by atoms with Gasteiger partial charge in [-0.25, -0.2) is 0 Å². The summed E-state index contributed by atoms with van der Waals surface area (Å²) in [6, 6.07) is 19.5. The van der Waals surface area contributed by atoms with Crippen LogP contribution < -0.4 is 10.9 Å². The molecule has 3 aromatic rings. The average molecular weight is 333 g/mol. The molecule has 5 heteroatoms. The predicted molar refractivity (Wildman–Crippen MR) is 98.3 cm³/mol. The summed E-state index contributed by atoms with van der Waals surface area (Å²) in [7, 11) is 0. The lowest BCUT2D eigenvalue weighted by Gasteiger charge is -2.09. The lowest BCUT2D eigenvalue weighted by molar-refractivity contribution is 0.102. The summed E-state index contributed by atoms with van der Waals surface area (Å²) >= 11 is 0. The Kier molecular flexibility index (Phi) is 4.75. The molecule has 0 atom stereocenters. The van der Waals surface area contributed by atoms with E-state index in [0.29, 0.717) is 17.3 Å².